The lowest BCUT2D eigenvalue weighted by Gasteiger charge is -1.95. The summed E-state index contributed by atoms with van der Waals surface area (Å²) in [6.45, 7) is 0.580. The lowest BCUT2D eigenvalue weighted by Crippen LogP contribution is -2.00. The van der Waals surface area contributed by atoms with Crippen LogP contribution in [0.15, 0.2) is 24.0 Å². The minimum atomic E-state index is 0.459. The largest absolute Gasteiger partial charge is 0.275 e. The number of rotatable bonds is 5. The molecule has 0 bridgehead atoms. The van der Waals surface area contributed by atoms with Gasteiger partial charge >= 0.3 is 0 Å². The molecule has 3 aromatic rings. The molecule has 0 amide bonds. The highest BCUT2D eigenvalue weighted by molar-refractivity contribution is 7.13. The number of aryl methyl sites for hydroxylation is 2. The first kappa shape index (κ1) is 13.5. The minimum absolute atomic E-state index is 0.459. The van der Waals surface area contributed by atoms with Gasteiger partial charge in [-0.15, -0.1) is 16.4 Å². The topological polar surface area (TPSA) is 85.2 Å². The van der Waals surface area contributed by atoms with Crippen LogP contribution in [0.3, 0.4) is 0 Å². The summed E-state index contributed by atoms with van der Waals surface area (Å²) in [5.41, 5.74) is 2.79. The van der Waals surface area contributed by atoms with E-state index in [0.29, 0.717) is 19.4 Å². The molecule has 0 N–H and O–H groups in total. The third-order valence-electron chi connectivity index (χ3n) is 2.91. The second kappa shape index (κ2) is 5.85. The fraction of sp³-hybridized carbons (Fsp3) is 0.308. The molecule has 106 valence electrons. The van der Waals surface area contributed by atoms with E-state index in [-0.39, 0.29) is 0 Å². The first-order valence-electron chi connectivity index (χ1n) is 6.44. The van der Waals surface area contributed by atoms with Gasteiger partial charge in [0.1, 0.15) is 5.01 Å². The summed E-state index contributed by atoms with van der Waals surface area (Å²) in [6, 6.07) is 2.10. The molecule has 0 aromatic carbocycles. The fourth-order valence-corrected chi connectivity index (χ4v) is 2.71. The van der Waals surface area contributed by atoms with Gasteiger partial charge in [-0.2, -0.15) is 10.4 Å². The Morgan fingerprint density at radius 2 is 2.24 bits per heavy atom. The van der Waals surface area contributed by atoms with Crippen molar-refractivity contribution in [3.63, 3.8) is 0 Å². The number of thiazole rings is 1. The SMILES string of the molecule is Cn1cc(-c2nc(Cn3cc(CCC#N)nn3)cs2)cn1. The van der Waals surface area contributed by atoms with Crippen LogP contribution in [-0.4, -0.2) is 29.8 Å². The molecule has 0 aliphatic rings. The Labute approximate surface area is 125 Å². The van der Waals surface area contributed by atoms with Crippen LogP contribution < -0.4 is 0 Å². The molecule has 7 nitrogen and oxygen atoms in total. The zero-order valence-electron chi connectivity index (χ0n) is 11.5. The van der Waals surface area contributed by atoms with Crippen molar-refractivity contribution in [1.29, 1.82) is 5.26 Å². The Morgan fingerprint density at radius 1 is 1.33 bits per heavy atom. The van der Waals surface area contributed by atoms with E-state index in [2.05, 4.69) is 26.5 Å². The smallest absolute Gasteiger partial charge is 0.126 e. The Balaban J connectivity index is 1.70. The summed E-state index contributed by atoms with van der Waals surface area (Å²) in [5.74, 6) is 0. The van der Waals surface area contributed by atoms with Crippen molar-refractivity contribution >= 4 is 11.3 Å². The van der Waals surface area contributed by atoms with E-state index >= 15 is 0 Å². The number of nitrogens with zero attached hydrogens (tertiary/aromatic N) is 7. The highest BCUT2D eigenvalue weighted by Crippen LogP contribution is 2.23. The Hall–Kier alpha value is -2.53. The van der Waals surface area contributed by atoms with Crippen molar-refractivity contribution < 1.29 is 0 Å². The van der Waals surface area contributed by atoms with Crippen LogP contribution in [0.5, 0.6) is 0 Å². The van der Waals surface area contributed by atoms with Crippen LogP contribution in [0.25, 0.3) is 10.6 Å². The molecule has 3 aromatic heterocycles. The number of hydrogen-bond donors (Lipinski definition) is 0. The van der Waals surface area contributed by atoms with Gasteiger partial charge < -0.3 is 0 Å². The van der Waals surface area contributed by atoms with Gasteiger partial charge in [-0.25, -0.2) is 9.67 Å². The highest BCUT2D eigenvalue weighted by Gasteiger charge is 2.08. The van der Waals surface area contributed by atoms with Crippen molar-refractivity contribution in [1.82, 2.24) is 29.8 Å². The van der Waals surface area contributed by atoms with E-state index in [1.165, 1.54) is 0 Å². The zero-order chi connectivity index (χ0) is 14.7. The fourth-order valence-electron chi connectivity index (χ4n) is 1.92. The van der Waals surface area contributed by atoms with Gasteiger partial charge in [0.2, 0.25) is 0 Å². The van der Waals surface area contributed by atoms with Gasteiger partial charge in [0.05, 0.1) is 30.2 Å². The Kier molecular flexibility index (Phi) is 3.75. The lowest BCUT2D eigenvalue weighted by molar-refractivity contribution is 0.641. The number of nitriles is 1. The molecule has 0 saturated heterocycles. The number of aromatic nitrogens is 6. The van der Waals surface area contributed by atoms with Gasteiger partial charge in [0, 0.05) is 43.2 Å². The summed E-state index contributed by atoms with van der Waals surface area (Å²) in [4.78, 5) is 4.58. The summed E-state index contributed by atoms with van der Waals surface area (Å²) in [5, 5.41) is 23.8. The van der Waals surface area contributed by atoms with Crippen molar-refractivity contribution in [2.24, 2.45) is 7.05 Å². The van der Waals surface area contributed by atoms with Crippen LogP contribution in [0, 0.1) is 11.3 Å². The van der Waals surface area contributed by atoms with Crippen LogP contribution in [0.2, 0.25) is 0 Å². The van der Waals surface area contributed by atoms with Gasteiger partial charge in [0.15, 0.2) is 0 Å². The molecule has 0 spiro atoms. The second-order valence-electron chi connectivity index (χ2n) is 4.61. The van der Waals surface area contributed by atoms with Crippen LogP contribution in [0.4, 0.5) is 0 Å². The molecular weight excluding hydrogens is 286 g/mol. The molecule has 8 heteroatoms. The average molecular weight is 299 g/mol. The first-order valence-corrected chi connectivity index (χ1v) is 7.32. The van der Waals surface area contributed by atoms with E-state index in [0.717, 1.165) is 22.0 Å². The molecule has 0 aliphatic carbocycles. The third kappa shape index (κ3) is 3.14. The molecule has 0 unspecified atom stereocenters. The molecule has 0 radical (unpaired) electrons. The summed E-state index contributed by atoms with van der Waals surface area (Å²) < 4.78 is 3.50. The van der Waals surface area contributed by atoms with Gasteiger partial charge in [-0.1, -0.05) is 5.21 Å². The molecule has 3 heterocycles. The zero-order valence-corrected chi connectivity index (χ0v) is 12.3. The Morgan fingerprint density at radius 3 is 3.00 bits per heavy atom. The van der Waals surface area contributed by atoms with Crippen LogP contribution in [-0.2, 0) is 20.0 Å². The molecule has 0 aliphatic heterocycles. The van der Waals surface area contributed by atoms with Crippen LogP contribution in [0.1, 0.15) is 17.8 Å². The monoisotopic (exact) mass is 299 g/mol. The van der Waals surface area contributed by atoms with Crippen molar-refractivity contribution in [2.75, 3.05) is 0 Å². The summed E-state index contributed by atoms with van der Waals surface area (Å²) >= 11 is 1.59. The molecule has 0 fully saturated rings. The second-order valence-corrected chi connectivity index (χ2v) is 5.47. The maximum Gasteiger partial charge on any atom is 0.126 e. The first-order chi connectivity index (χ1) is 10.2. The van der Waals surface area contributed by atoms with Gasteiger partial charge in [-0.05, 0) is 0 Å². The normalized spacial score (nSPS) is 10.7. The molecule has 3 rings (SSSR count). The van der Waals surface area contributed by atoms with E-state index in [1.807, 2.05) is 24.8 Å². The molecule has 0 saturated carbocycles. The lowest BCUT2D eigenvalue weighted by atomic mass is 10.3. The van der Waals surface area contributed by atoms with Gasteiger partial charge in [0.25, 0.3) is 0 Å². The standard InChI is InChI=1S/C13H13N7S/c1-19-6-10(5-15-19)13-16-12(9-21-13)8-20-7-11(17-18-20)3-2-4-14/h5-7,9H,2-3,8H2,1H3. The van der Waals surface area contributed by atoms with Crippen LogP contribution >= 0.6 is 11.3 Å². The van der Waals surface area contributed by atoms with Crippen molar-refractivity contribution in [3.8, 4) is 16.6 Å². The summed E-state index contributed by atoms with van der Waals surface area (Å²) in [7, 11) is 1.89. The van der Waals surface area contributed by atoms with Gasteiger partial charge in [-0.3, -0.25) is 4.68 Å². The molecule has 0 atom stereocenters. The van der Waals surface area contributed by atoms with E-state index < -0.39 is 0 Å². The van der Waals surface area contributed by atoms with Crippen molar-refractivity contribution in [2.45, 2.75) is 19.4 Å². The third-order valence-corrected chi connectivity index (χ3v) is 3.85. The Bertz CT molecular complexity index is 776. The molecule has 21 heavy (non-hydrogen) atoms. The predicted molar refractivity (Wildman–Crippen MR) is 77.4 cm³/mol. The summed E-state index contributed by atoms with van der Waals surface area (Å²) in [6.07, 6.45) is 6.70. The van der Waals surface area contributed by atoms with E-state index in [9.17, 15) is 0 Å². The highest BCUT2D eigenvalue weighted by atomic mass is 32.1. The average Bonchev–Trinajstić information content (AvgIpc) is 3.18. The molecular formula is C13H13N7S. The van der Waals surface area contributed by atoms with E-state index in [4.69, 9.17) is 5.26 Å². The van der Waals surface area contributed by atoms with E-state index in [1.54, 1.807) is 26.9 Å². The van der Waals surface area contributed by atoms with Crippen molar-refractivity contribution in [3.05, 3.63) is 35.4 Å². The predicted octanol–water partition coefficient (Wildman–Crippen LogP) is 1.64. The maximum atomic E-state index is 8.56. The number of hydrogen-bond acceptors (Lipinski definition) is 6. The quantitative estimate of drug-likeness (QED) is 0.715. The minimum Gasteiger partial charge on any atom is -0.275 e. The maximum absolute atomic E-state index is 8.56.